The van der Waals surface area contributed by atoms with Gasteiger partial charge in [-0.3, -0.25) is 67.6 Å². The predicted octanol–water partition coefficient (Wildman–Crippen LogP) is 4.18. The number of fused-ring (bicyclic) bond motifs is 2. The standard InChI is InChI=1S/C72H89N19O15/c1-6-53-69(102)86(4)55-38-76-71(83-63(55)91(53)47-14-9-10-15-47)80-51-25-22-44(36-56(51)105-5)64(97)75-37-46-39-88(85-84-46)35-34-87(33-30-59(94)78-50-17-12-16-48-49(50)40-90(68(48)101)54-26-27-58(93)82-66(54)99)72(104)106-41-43-20-23-45(24-21-43)77-65(98)52(18-13-31-74-70(73)103)79-67(100)62(42(2)3)81-57(92)19-8-7-11-32-89-60(95)28-29-61(89)96/h12,16-17,20-25,28-29,36,38-39,42,47,52-54,62H,6-11,13-15,18-19,26-27,30-35,37,40-41H2,1-5H3,(H,75,97)(H,77,98)(H,78,94)(H,79,100)(H,81,92)(H3,73,74,103)(H,76,80,83)(H,82,93,99)/t52-,53+,54?,62?/m0/s1. The van der Waals surface area contributed by atoms with E-state index >= 15 is 0 Å². The van der Waals surface area contributed by atoms with E-state index in [4.69, 9.17) is 20.2 Å². The Morgan fingerprint density at radius 2 is 1.58 bits per heavy atom. The van der Waals surface area contributed by atoms with Crippen LogP contribution in [0.4, 0.5) is 44.1 Å². The molecule has 6 heterocycles. The number of hydrogen-bond donors (Lipinski definition) is 9. The molecule has 5 aromatic rings. The number of piperidine rings is 1. The topological polar surface area (TPSA) is 435 Å². The number of ether oxygens (including phenoxy) is 2. The van der Waals surface area contributed by atoms with Gasteiger partial charge in [-0.2, -0.15) is 4.98 Å². The molecule has 0 radical (unpaired) electrons. The van der Waals surface area contributed by atoms with E-state index in [1.165, 1.54) is 33.7 Å². The normalized spacial score (nSPS) is 16.8. The molecule has 34 heteroatoms. The Labute approximate surface area is 611 Å². The van der Waals surface area contributed by atoms with Crippen molar-refractivity contribution in [1.82, 2.24) is 66.2 Å². The minimum Gasteiger partial charge on any atom is -0.495 e. The Balaban J connectivity index is 0.758. The van der Waals surface area contributed by atoms with E-state index in [-0.39, 0.29) is 138 Å². The average Bonchev–Trinajstić information content (AvgIpc) is 1.15. The molecule has 5 aliphatic rings. The van der Waals surface area contributed by atoms with Gasteiger partial charge in [0.2, 0.25) is 47.3 Å². The molecule has 34 nitrogen and oxygen atoms in total. The number of nitrogens with two attached hydrogens (primary N) is 1. The molecule has 4 aliphatic heterocycles. The number of hydrogen-bond acceptors (Lipinski definition) is 21. The fourth-order valence-electron chi connectivity index (χ4n) is 13.3. The third kappa shape index (κ3) is 19.3. The van der Waals surface area contributed by atoms with Gasteiger partial charge in [-0.15, -0.1) is 5.10 Å². The molecule has 2 unspecified atom stereocenters. The Bertz CT molecular complexity index is 4180. The number of likely N-dealkylation sites (N-methyl/N-ethyl adjacent to an activating group) is 1. The van der Waals surface area contributed by atoms with Crippen molar-refractivity contribution in [1.29, 1.82) is 0 Å². The zero-order valence-electron chi connectivity index (χ0n) is 59.8. The Morgan fingerprint density at radius 3 is 2.29 bits per heavy atom. The molecule has 2 fully saturated rings. The van der Waals surface area contributed by atoms with Crippen LogP contribution in [-0.4, -0.2) is 187 Å². The van der Waals surface area contributed by atoms with Gasteiger partial charge in [0.1, 0.15) is 47.9 Å². The molecule has 1 saturated heterocycles. The van der Waals surface area contributed by atoms with Gasteiger partial charge in [0.05, 0.1) is 38.3 Å². The van der Waals surface area contributed by atoms with Gasteiger partial charge in [-0.25, -0.2) is 14.6 Å². The highest BCUT2D eigenvalue weighted by Crippen LogP contribution is 2.41. The molecular formula is C72H89N19O15. The second-order valence-electron chi connectivity index (χ2n) is 26.8. The molecule has 0 spiro atoms. The number of anilines is 6. The minimum absolute atomic E-state index is 0.000210. The summed E-state index contributed by atoms with van der Waals surface area (Å²) in [5, 5.41) is 30.5. The molecule has 0 bridgehead atoms. The van der Waals surface area contributed by atoms with E-state index in [2.05, 4.69) is 62.7 Å². The highest BCUT2D eigenvalue weighted by molar-refractivity contribution is 6.13. The molecule has 562 valence electrons. The van der Waals surface area contributed by atoms with Crippen LogP contribution in [0.15, 0.2) is 85.2 Å². The lowest BCUT2D eigenvalue weighted by atomic mass is 10.0. The molecule has 10 rings (SSSR count). The summed E-state index contributed by atoms with van der Waals surface area (Å²) in [7, 11) is 3.21. The van der Waals surface area contributed by atoms with Crippen molar-refractivity contribution in [2.24, 2.45) is 11.7 Å². The maximum atomic E-state index is 14.1. The van der Waals surface area contributed by atoms with Crippen LogP contribution in [0.25, 0.3) is 0 Å². The summed E-state index contributed by atoms with van der Waals surface area (Å²) < 4.78 is 13.0. The third-order valence-electron chi connectivity index (χ3n) is 19.1. The predicted molar refractivity (Wildman–Crippen MR) is 384 cm³/mol. The molecule has 1 saturated carbocycles. The number of nitrogens with one attached hydrogen (secondary N) is 8. The quantitative estimate of drug-likeness (QED) is 0.0206. The van der Waals surface area contributed by atoms with Crippen molar-refractivity contribution in [2.45, 2.75) is 167 Å². The van der Waals surface area contributed by atoms with Gasteiger partial charge in [0, 0.05) is 105 Å². The molecule has 10 N–H and O–H groups in total. The Kier molecular flexibility index (Phi) is 25.7. The molecule has 4 atom stereocenters. The number of unbranched alkanes of at least 4 members (excludes halogenated alkanes) is 2. The number of carbonyl (C=O) groups excluding carboxylic acids is 13. The Hall–Kier alpha value is -11.9. The van der Waals surface area contributed by atoms with Gasteiger partial charge in [-0.1, -0.05) is 63.4 Å². The first-order valence-corrected chi connectivity index (χ1v) is 35.6. The fourth-order valence-corrected chi connectivity index (χ4v) is 13.3. The third-order valence-corrected chi connectivity index (χ3v) is 19.1. The van der Waals surface area contributed by atoms with Gasteiger partial charge >= 0.3 is 12.1 Å². The first kappa shape index (κ1) is 76.8. The van der Waals surface area contributed by atoms with E-state index < -0.39 is 83.4 Å². The SMILES string of the molecule is CC[C@@H]1C(=O)N(C)c2cnc(Nc3ccc(C(=O)NCc4cn(CCN(CCC(=O)Nc5cccc6c5CN(C5CCC(=O)NC5=O)C6=O)C(=O)OCc5ccc(NC(=O)[C@H](CCCNC(N)=O)NC(=O)C(NC(=O)CCCCCN6C(=O)C=CC6=O)C(C)C)cc5)nn4)cc3OC)nc2N1C1CCCC1. The fraction of sp³-hybridized carbons (Fsp3) is 0.458. The van der Waals surface area contributed by atoms with E-state index in [0.717, 1.165) is 30.6 Å². The highest BCUT2D eigenvalue weighted by atomic mass is 16.6. The van der Waals surface area contributed by atoms with Crippen molar-refractivity contribution in [3.8, 4) is 5.75 Å². The van der Waals surface area contributed by atoms with Crippen molar-refractivity contribution < 1.29 is 71.8 Å². The number of imide groups is 2. The first-order chi connectivity index (χ1) is 51.0. The molecular weight excluding hydrogens is 1370 g/mol. The highest BCUT2D eigenvalue weighted by Gasteiger charge is 2.43. The number of nitrogens with zero attached hydrogens (tertiary/aromatic N) is 10. The van der Waals surface area contributed by atoms with Gasteiger partial charge in [0.25, 0.3) is 23.6 Å². The molecule has 3 aromatic carbocycles. The summed E-state index contributed by atoms with van der Waals surface area (Å²) in [5.41, 5.74) is 8.91. The molecule has 14 amide bonds. The second kappa shape index (κ2) is 35.5. The lowest BCUT2D eigenvalue weighted by molar-refractivity contribution is -0.138. The summed E-state index contributed by atoms with van der Waals surface area (Å²) in [6, 6.07) is 12.0. The van der Waals surface area contributed by atoms with Crippen LogP contribution >= 0.6 is 0 Å². The number of methoxy groups -OCH3 is 1. The number of primary amides is 1. The van der Waals surface area contributed by atoms with Gasteiger partial charge < -0.3 is 72.0 Å². The van der Waals surface area contributed by atoms with Crippen LogP contribution in [0.5, 0.6) is 5.75 Å². The maximum absolute atomic E-state index is 14.1. The van der Waals surface area contributed by atoms with Crippen molar-refractivity contribution in [3.63, 3.8) is 0 Å². The summed E-state index contributed by atoms with van der Waals surface area (Å²) in [6.45, 7) is 5.30. The lowest BCUT2D eigenvalue weighted by Crippen LogP contribution is -2.55. The largest absolute Gasteiger partial charge is 0.495 e. The molecule has 2 aromatic heterocycles. The number of amides is 14. The van der Waals surface area contributed by atoms with Crippen LogP contribution in [-0.2, 0) is 74.1 Å². The van der Waals surface area contributed by atoms with E-state index in [1.54, 1.807) is 98.9 Å². The first-order valence-electron chi connectivity index (χ1n) is 35.6. The number of aromatic nitrogens is 5. The lowest BCUT2D eigenvalue weighted by Gasteiger charge is -2.43. The monoisotopic (exact) mass is 1460 g/mol. The minimum atomic E-state index is -1.15. The smallest absolute Gasteiger partial charge is 0.410 e. The summed E-state index contributed by atoms with van der Waals surface area (Å²) in [5.74, 6) is -3.93. The molecule has 1 aliphatic carbocycles. The number of urea groups is 1. The number of carbonyl (C=O) groups is 13. The summed E-state index contributed by atoms with van der Waals surface area (Å²) >= 11 is 0. The number of rotatable bonds is 34. The zero-order valence-corrected chi connectivity index (χ0v) is 59.8. The van der Waals surface area contributed by atoms with Crippen LogP contribution in [0.3, 0.4) is 0 Å². The average molecular weight is 1460 g/mol. The molecule has 106 heavy (non-hydrogen) atoms. The van der Waals surface area contributed by atoms with Crippen molar-refractivity contribution in [2.75, 3.05) is 66.1 Å². The van der Waals surface area contributed by atoms with Crippen molar-refractivity contribution in [3.05, 3.63) is 113 Å². The summed E-state index contributed by atoms with van der Waals surface area (Å²) in [6.07, 6.45) is 11.3. The van der Waals surface area contributed by atoms with Crippen LogP contribution in [0.1, 0.15) is 148 Å². The van der Waals surface area contributed by atoms with E-state index in [9.17, 15) is 62.3 Å². The van der Waals surface area contributed by atoms with Crippen LogP contribution < -0.4 is 62.8 Å². The Morgan fingerprint density at radius 1 is 0.811 bits per heavy atom. The van der Waals surface area contributed by atoms with Gasteiger partial charge in [0.15, 0.2) is 5.82 Å². The second-order valence-corrected chi connectivity index (χ2v) is 26.8. The maximum Gasteiger partial charge on any atom is 0.410 e. The number of benzene rings is 3. The van der Waals surface area contributed by atoms with Gasteiger partial charge in [-0.05, 0) is 105 Å². The van der Waals surface area contributed by atoms with Crippen molar-refractivity contribution >= 4 is 112 Å². The van der Waals surface area contributed by atoms with Crippen LogP contribution in [0.2, 0.25) is 0 Å². The van der Waals surface area contributed by atoms with Crippen LogP contribution in [0, 0.1) is 5.92 Å². The van der Waals surface area contributed by atoms with E-state index in [0.29, 0.717) is 76.8 Å². The zero-order chi connectivity index (χ0) is 75.7. The van der Waals surface area contributed by atoms with E-state index in [1.807, 2.05) is 6.92 Å². The summed E-state index contributed by atoms with van der Waals surface area (Å²) in [4.78, 5) is 186.